The third kappa shape index (κ3) is 8.52. The minimum absolute atomic E-state index is 0.0726. The predicted octanol–water partition coefficient (Wildman–Crippen LogP) is 2.99. The van der Waals surface area contributed by atoms with Crippen LogP contribution in [0.15, 0.2) is 60.7 Å². The van der Waals surface area contributed by atoms with Gasteiger partial charge in [0.2, 0.25) is 5.91 Å². The molecule has 7 heteroatoms. The van der Waals surface area contributed by atoms with Gasteiger partial charge in [0, 0.05) is 12.8 Å². The molecule has 32 heavy (non-hydrogen) atoms. The minimum Gasteiger partial charge on any atom is -0.467 e. The van der Waals surface area contributed by atoms with Gasteiger partial charge in [0.05, 0.1) is 7.11 Å². The van der Waals surface area contributed by atoms with E-state index in [-0.39, 0.29) is 13.0 Å². The third-order valence-electron chi connectivity index (χ3n) is 4.72. The number of nitrogens with one attached hydrogen (secondary N) is 2. The van der Waals surface area contributed by atoms with E-state index in [1.54, 1.807) is 0 Å². The van der Waals surface area contributed by atoms with Crippen molar-refractivity contribution in [2.24, 2.45) is 0 Å². The van der Waals surface area contributed by atoms with E-state index in [1.807, 2.05) is 60.7 Å². The van der Waals surface area contributed by atoms with Crippen molar-refractivity contribution in [3.05, 3.63) is 71.8 Å². The lowest BCUT2D eigenvalue weighted by Gasteiger charge is -2.22. The van der Waals surface area contributed by atoms with Crippen molar-refractivity contribution < 1.29 is 23.9 Å². The number of hydrogen-bond donors (Lipinski definition) is 2. The number of carbonyl (C=O) groups is 3. The molecule has 2 aromatic carbocycles. The number of ether oxygens (including phenoxy) is 2. The number of carbonyl (C=O) groups excluding carboxylic acids is 3. The van der Waals surface area contributed by atoms with Crippen LogP contribution in [0, 0.1) is 12.3 Å². The Morgan fingerprint density at radius 2 is 1.56 bits per heavy atom. The average molecular weight is 437 g/mol. The lowest BCUT2D eigenvalue weighted by atomic mass is 10.0. The largest absolute Gasteiger partial charge is 0.467 e. The number of methoxy groups -OCH3 is 1. The summed E-state index contributed by atoms with van der Waals surface area (Å²) >= 11 is 0. The van der Waals surface area contributed by atoms with E-state index in [9.17, 15) is 14.4 Å². The van der Waals surface area contributed by atoms with Crippen LogP contribution in [0.5, 0.6) is 0 Å². The number of alkyl carbamates (subject to hydrolysis) is 1. The molecule has 2 rings (SSSR count). The Bertz CT molecular complexity index is 909. The number of benzene rings is 2. The summed E-state index contributed by atoms with van der Waals surface area (Å²) in [5.41, 5.74) is 1.67. The Balaban J connectivity index is 2.06. The summed E-state index contributed by atoms with van der Waals surface area (Å²) in [6.07, 6.45) is 6.12. The van der Waals surface area contributed by atoms with Gasteiger partial charge in [-0.15, -0.1) is 12.3 Å². The molecule has 7 nitrogen and oxygen atoms in total. The molecule has 0 bridgehead atoms. The van der Waals surface area contributed by atoms with Crippen LogP contribution in [0.1, 0.15) is 30.4 Å². The molecule has 0 aliphatic rings. The van der Waals surface area contributed by atoms with Crippen molar-refractivity contribution in [3.63, 3.8) is 0 Å². The number of rotatable bonds is 11. The first-order valence-corrected chi connectivity index (χ1v) is 10.4. The molecule has 0 unspecified atom stereocenters. The molecule has 0 radical (unpaired) electrons. The van der Waals surface area contributed by atoms with E-state index in [4.69, 9.17) is 15.9 Å². The van der Waals surface area contributed by atoms with Crippen LogP contribution in [-0.4, -0.2) is 37.2 Å². The number of amides is 2. The van der Waals surface area contributed by atoms with Crippen molar-refractivity contribution in [1.29, 1.82) is 0 Å². The van der Waals surface area contributed by atoms with E-state index >= 15 is 0 Å². The summed E-state index contributed by atoms with van der Waals surface area (Å²) < 4.78 is 10.0. The normalized spacial score (nSPS) is 12.0. The first-order chi connectivity index (χ1) is 15.5. The lowest BCUT2D eigenvalue weighted by molar-refractivity contribution is -0.145. The maximum Gasteiger partial charge on any atom is 0.408 e. The molecule has 2 atom stereocenters. The summed E-state index contributed by atoms with van der Waals surface area (Å²) in [5, 5.41) is 5.28. The van der Waals surface area contributed by atoms with E-state index in [1.165, 1.54) is 7.11 Å². The average Bonchev–Trinajstić information content (AvgIpc) is 2.82. The number of esters is 1. The van der Waals surface area contributed by atoms with E-state index in [2.05, 4.69) is 16.6 Å². The molecular formula is C25H28N2O5. The van der Waals surface area contributed by atoms with Gasteiger partial charge in [-0.05, 0) is 24.0 Å². The zero-order valence-corrected chi connectivity index (χ0v) is 18.1. The van der Waals surface area contributed by atoms with Gasteiger partial charge in [0.1, 0.15) is 18.7 Å². The Hall–Kier alpha value is -3.79. The molecular weight excluding hydrogens is 408 g/mol. The number of unbranched alkanes of at least 4 members (excludes halogenated alkanes) is 1. The topological polar surface area (TPSA) is 93.7 Å². The Labute approximate surface area is 188 Å². The fraction of sp³-hybridized carbons (Fsp3) is 0.320. The van der Waals surface area contributed by atoms with Crippen LogP contribution >= 0.6 is 0 Å². The van der Waals surface area contributed by atoms with E-state index in [0.717, 1.165) is 11.1 Å². The van der Waals surface area contributed by atoms with Crippen LogP contribution in [0.25, 0.3) is 0 Å². The van der Waals surface area contributed by atoms with Crippen molar-refractivity contribution >= 4 is 18.0 Å². The van der Waals surface area contributed by atoms with Crippen LogP contribution in [0.4, 0.5) is 4.79 Å². The molecule has 0 saturated carbocycles. The first-order valence-electron chi connectivity index (χ1n) is 10.4. The van der Waals surface area contributed by atoms with Crippen LogP contribution < -0.4 is 10.6 Å². The highest BCUT2D eigenvalue weighted by Crippen LogP contribution is 2.08. The highest BCUT2D eigenvalue weighted by atomic mass is 16.5. The van der Waals surface area contributed by atoms with Gasteiger partial charge in [-0.2, -0.15) is 0 Å². The van der Waals surface area contributed by atoms with Gasteiger partial charge in [0.25, 0.3) is 0 Å². The molecule has 0 aliphatic heterocycles. The van der Waals surface area contributed by atoms with Crippen molar-refractivity contribution in [2.75, 3.05) is 7.11 Å². The van der Waals surface area contributed by atoms with Crippen molar-refractivity contribution in [1.82, 2.24) is 10.6 Å². The van der Waals surface area contributed by atoms with Crippen LogP contribution in [-0.2, 0) is 32.1 Å². The number of hydrogen-bond acceptors (Lipinski definition) is 5. The molecule has 2 N–H and O–H groups in total. The minimum atomic E-state index is -0.944. The highest BCUT2D eigenvalue weighted by Gasteiger charge is 2.27. The fourth-order valence-electron chi connectivity index (χ4n) is 3.04. The van der Waals surface area contributed by atoms with Crippen LogP contribution in [0.2, 0.25) is 0 Å². The Kier molecular flexibility index (Phi) is 10.3. The fourth-order valence-corrected chi connectivity index (χ4v) is 3.04. The smallest absolute Gasteiger partial charge is 0.408 e. The van der Waals surface area contributed by atoms with Crippen molar-refractivity contribution in [3.8, 4) is 12.3 Å². The molecule has 2 aromatic rings. The standard InChI is InChI=1S/C25H28N2O5/c1-3-4-7-16-21(24(29)31-2)26-23(28)22(17-19-12-8-5-9-13-19)27-25(30)32-18-20-14-10-6-11-15-20/h1,5-6,8-15,21-22H,4,7,16-18H2,2H3,(H,26,28)(H,27,30)/t21-,22-/m1/s1. The second-order valence-corrected chi connectivity index (χ2v) is 7.13. The zero-order valence-electron chi connectivity index (χ0n) is 18.1. The molecule has 2 amide bonds. The molecule has 168 valence electrons. The van der Waals surface area contributed by atoms with Gasteiger partial charge in [0.15, 0.2) is 0 Å². The Morgan fingerprint density at radius 3 is 2.16 bits per heavy atom. The summed E-state index contributed by atoms with van der Waals surface area (Å²) in [7, 11) is 1.25. The van der Waals surface area contributed by atoms with Crippen molar-refractivity contribution in [2.45, 2.75) is 44.4 Å². The molecule has 0 fully saturated rings. The maximum atomic E-state index is 13.0. The molecule has 0 spiro atoms. The van der Waals surface area contributed by atoms with Gasteiger partial charge < -0.3 is 20.1 Å². The summed E-state index contributed by atoms with van der Waals surface area (Å²) in [6.45, 7) is 0.0726. The monoisotopic (exact) mass is 436 g/mol. The second kappa shape index (κ2) is 13.5. The Morgan fingerprint density at radius 1 is 0.938 bits per heavy atom. The molecule has 0 aromatic heterocycles. The summed E-state index contributed by atoms with van der Waals surface area (Å²) in [4.78, 5) is 37.5. The van der Waals surface area contributed by atoms with E-state index in [0.29, 0.717) is 19.3 Å². The third-order valence-corrected chi connectivity index (χ3v) is 4.72. The van der Waals surface area contributed by atoms with Gasteiger partial charge in [-0.3, -0.25) is 4.79 Å². The summed E-state index contributed by atoms with van der Waals surface area (Å²) in [6, 6.07) is 16.7. The quantitative estimate of drug-likeness (QED) is 0.321. The maximum absolute atomic E-state index is 13.0. The van der Waals surface area contributed by atoms with Crippen LogP contribution in [0.3, 0.4) is 0 Å². The summed E-state index contributed by atoms with van der Waals surface area (Å²) in [5.74, 6) is 1.42. The first kappa shape index (κ1) is 24.5. The predicted molar refractivity (Wildman–Crippen MR) is 120 cm³/mol. The highest BCUT2D eigenvalue weighted by molar-refractivity contribution is 5.89. The molecule has 0 aliphatic carbocycles. The van der Waals surface area contributed by atoms with Gasteiger partial charge in [-0.25, -0.2) is 9.59 Å². The van der Waals surface area contributed by atoms with Gasteiger partial charge in [-0.1, -0.05) is 60.7 Å². The SMILES string of the molecule is C#CCCC[C@@H](NC(=O)[C@@H](Cc1ccccc1)NC(=O)OCc1ccccc1)C(=O)OC. The zero-order chi connectivity index (χ0) is 23.2. The molecule has 0 heterocycles. The second-order valence-electron chi connectivity index (χ2n) is 7.13. The van der Waals surface area contributed by atoms with Gasteiger partial charge >= 0.3 is 12.1 Å². The molecule has 0 saturated heterocycles. The van der Waals surface area contributed by atoms with E-state index < -0.39 is 30.1 Å². The lowest BCUT2D eigenvalue weighted by Crippen LogP contribution is -2.52. The number of terminal acetylenes is 1.